The first-order chi connectivity index (χ1) is 10.9. The monoisotopic (exact) mass is 373 g/mol. The Morgan fingerprint density at radius 1 is 1.17 bits per heavy atom. The minimum atomic E-state index is -3.68. The molecule has 2 rings (SSSR count). The molecule has 1 aromatic carbocycles. The molecule has 0 unspecified atom stereocenters. The van der Waals surface area contributed by atoms with Crippen molar-refractivity contribution >= 4 is 44.8 Å². The molecule has 0 spiro atoms. The van der Waals surface area contributed by atoms with Crippen LogP contribution in [0.15, 0.2) is 42.7 Å². The Balaban J connectivity index is 1.90. The second-order valence-corrected chi connectivity index (χ2v) is 7.24. The first-order valence-corrected chi connectivity index (χ1v) is 8.88. The van der Waals surface area contributed by atoms with Crippen molar-refractivity contribution in [2.45, 2.75) is 5.75 Å². The molecule has 23 heavy (non-hydrogen) atoms. The molecular weight excluding hydrogens is 361 g/mol. The summed E-state index contributed by atoms with van der Waals surface area (Å²) in [6.45, 7) is -0.376. The Morgan fingerprint density at radius 2 is 1.96 bits per heavy atom. The van der Waals surface area contributed by atoms with Crippen LogP contribution in [-0.2, 0) is 20.6 Å². The molecule has 0 atom stereocenters. The molecule has 122 valence electrons. The normalized spacial score (nSPS) is 11.2. The number of hydrogen-bond acceptors (Lipinski definition) is 4. The van der Waals surface area contributed by atoms with Gasteiger partial charge in [0.05, 0.1) is 34.2 Å². The fourth-order valence-electron chi connectivity index (χ4n) is 1.72. The number of benzene rings is 1. The van der Waals surface area contributed by atoms with Gasteiger partial charge < -0.3 is 5.32 Å². The SMILES string of the molecule is O=C(CNS(=O)(=O)Cc1ccc(Cl)c(Cl)c1)Nc1cccnc1. The Labute approximate surface area is 143 Å². The molecule has 0 fully saturated rings. The number of anilines is 1. The van der Waals surface area contributed by atoms with Crippen LogP contribution in [0.5, 0.6) is 0 Å². The lowest BCUT2D eigenvalue weighted by Gasteiger charge is -2.08. The molecule has 0 saturated carbocycles. The van der Waals surface area contributed by atoms with Gasteiger partial charge in [-0.3, -0.25) is 9.78 Å². The minimum absolute atomic E-state index is 0.272. The lowest BCUT2D eigenvalue weighted by atomic mass is 10.2. The van der Waals surface area contributed by atoms with E-state index < -0.39 is 15.9 Å². The highest BCUT2D eigenvalue weighted by Gasteiger charge is 2.14. The van der Waals surface area contributed by atoms with Crippen LogP contribution >= 0.6 is 23.2 Å². The van der Waals surface area contributed by atoms with E-state index in [1.165, 1.54) is 18.3 Å². The standard InChI is InChI=1S/C14H13Cl2N3O3S/c15-12-4-3-10(6-13(12)16)9-23(21,22)18-8-14(20)19-11-2-1-5-17-7-11/h1-7,18H,8-9H2,(H,19,20). The number of aromatic nitrogens is 1. The molecule has 2 aromatic rings. The Hall–Kier alpha value is -1.67. The van der Waals surface area contributed by atoms with Gasteiger partial charge in [0, 0.05) is 6.20 Å². The van der Waals surface area contributed by atoms with Crippen LogP contribution < -0.4 is 10.0 Å². The summed E-state index contributed by atoms with van der Waals surface area (Å²) in [5, 5.41) is 3.14. The number of pyridine rings is 1. The molecule has 6 nitrogen and oxygen atoms in total. The topological polar surface area (TPSA) is 88.2 Å². The van der Waals surface area contributed by atoms with Crippen molar-refractivity contribution in [3.63, 3.8) is 0 Å². The zero-order chi connectivity index (χ0) is 16.9. The van der Waals surface area contributed by atoms with Crippen LogP contribution in [0.4, 0.5) is 5.69 Å². The highest BCUT2D eigenvalue weighted by molar-refractivity contribution is 7.88. The van der Waals surface area contributed by atoms with Crippen molar-refractivity contribution < 1.29 is 13.2 Å². The van der Waals surface area contributed by atoms with E-state index in [0.29, 0.717) is 16.3 Å². The second-order valence-electron chi connectivity index (χ2n) is 4.62. The van der Waals surface area contributed by atoms with E-state index in [4.69, 9.17) is 23.2 Å². The maximum Gasteiger partial charge on any atom is 0.239 e. The molecule has 1 heterocycles. The van der Waals surface area contributed by atoms with E-state index >= 15 is 0 Å². The maximum absolute atomic E-state index is 12.0. The van der Waals surface area contributed by atoms with Gasteiger partial charge in [-0.05, 0) is 29.8 Å². The molecule has 1 aromatic heterocycles. The fraction of sp³-hybridized carbons (Fsp3) is 0.143. The van der Waals surface area contributed by atoms with E-state index in [1.54, 1.807) is 24.4 Å². The first kappa shape index (κ1) is 17.7. The maximum atomic E-state index is 12.0. The largest absolute Gasteiger partial charge is 0.324 e. The highest BCUT2D eigenvalue weighted by Crippen LogP contribution is 2.23. The molecule has 0 bridgehead atoms. The van der Waals surface area contributed by atoms with Crippen molar-refractivity contribution in [2.75, 3.05) is 11.9 Å². The Kier molecular flexibility index (Phi) is 5.95. The van der Waals surface area contributed by atoms with E-state index in [1.807, 2.05) is 0 Å². The molecule has 0 saturated heterocycles. The number of amides is 1. The van der Waals surface area contributed by atoms with E-state index in [-0.39, 0.29) is 17.3 Å². The van der Waals surface area contributed by atoms with Crippen molar-refractivity contribution in [2.24, 2.45) is 0 Å². The summed E-state index contributed by atoms with van der Waals surface area (Å²) in [6, 6.07) is 7.85. The van der Waals surface area contributed by atoms with Crippen LogP contribution in [0.3, 0.4) is 0 Å². The van der Waals surface area contributed by atoms with Gasteiger partial charge in [-0.15, -0.1) is 0 Å². The molecule has 9 heteroatoms. The molecule has 2 N–H and O–H groups in total. The third-order valence-electron chi connectivity index (χ3n) is 2.74. The summed E-state index contributed by atoms with van der Waals surface area (Å²) < 4.78 is 26.2. The predicted molar refractivity (Wildman–Crippen MR) is 90.0 cm³/mol. The molecule has 0 radical (unpaired) electrons. The highest BCUT2D eigenvalue weighted by atomic mass is 35.5. The van der Waals surface area contributed by atoms with Gasteiger partial charge in [0.25, 0.3) is 0 Å². The minimum Gasteiger partial charge on any atom is -0.324 e. The van der Waals surface area contributed by atoms with E-state index in [0.717, 1.165) is 0 Å². The summed E-state index contributed by atoms with van der Waals surface area (Å²) in [5.41, 5.74) is 0.959. The molecule has 0 aliphatic rings. The van der Waals surface area contributed by atoms with Crippen molar-refractivity contribution in [3.05, 3.63) is 58.3 Å². The van der Waals surface area contributed by atoms with Gasteiger partial charge in [-0.25, -0.2) is 13.1 Å². The number of rotatable bonds is 6. The molecule has 0 aliphatic carbocycles. The molecular formula is C14H13Cl2N3O3S. The van der Waals surface area contributed by atoms with Gasteiger partial charge in [0.2, 0.25) is 15.9 Å². The van der Waals surface area contributed by atoms with Crippen molar-refractivity contribution in [1.82, 2.24) is 9.71 Å². The van der Waals surface area contributed by atoms with Crippen LogP contribution in [0.25, 0.3) is 0 Å². The summed E-state index contributed by atoms with van der Waals surface area (Å²) in [5.74, 6) is -0.792. The van der Waals surface area contributed by atoms with Crippen LogP contribution in [0.2, 0.25) is 10.0 Å². The molecule has 1 amide bonds. The average Bonchev–Trinajstić information content (AvgIpc) is 2.50. The molecule has 0 aliphatic heterocycles. The lowest BCUT2D eigenvalue weighted by Crippen LogP contribution is -2.33. The number of carbonyl (C=O) groups is 1. The number of carbonyl (C=O) groups excluding carboxylic acids is 1. The smallest absolute Gasteiger partial charge is 0.239 e. The number of halogens is 2. The van der Waals surface area contributed by atoms with Gasteiger partial charge in [-0.2, -0.15) is 0 Å². The van der Waals surface area contributed by atoms with Crippen LogP contribution in [-0.4, -0.2) is 25.9 Å². The zero-order valence-electron chi connectivity index (χ0n) is 11.8. The first-order valence-electron chi connectivity index (χ1n) is 6.47. The van der Waals surface area contributed by atoms with Gasteiger partial charge in [0.1, 0.15) is 0 Å². The number of nitrogens with one attached hydrogen (secondary N) is 2. The van der Waals surface area contributed by atoms with Gasteiger partial charge in [-0.1, -0.05) is 29.3 Å². The number of sulfonamides is 1. The van der Waals surface area contributed by atoms with Crippen LogP contribution in [0.1, 0.15) is 5.56 Å². The summed E-state index contributed by atoms with van der Waals surface area (Å²) in [4.78, 5) is 15.5. The third kappa shape index (κ3) is 5.80. The van der Waals surface area contributed by atoms with Crippen LogP contribution in [0, 0.1) is 0 Å². The Bertz CT molecular complexity index is 798. The van der Waals surface area contributed by atoms with Crippen molar-refractivity contribution in [3.8, 4) is 0 Å². The average molecular weight is 374 g/mol. The zero-order valence-corrected chi connectivity index (χ0v) is 14.1. The van der Waals surface area contributed by atoms with Gasteiger partial charge >= 0.3 is 0 Å². The second kappa shape index (κ2) is 7.74. The number of hydrogen-bond donors (Lipinski definition) is 2. The quantitative estimate of drug-likeness (QED) is 0.813. The summed E-state index contributed by atoms with van der Waals surface area (Å²) in [6.07, 6.45) is 3.03. The van der Waals surface area contributed by atoms with E-state index in [9.17, 15) is 13.2 Å². The summed E-state index contributed by atoms with van der Waals surface area (Å²) in [7, 11) is -3.68. The Morgan fingerprint density at radius 3 is 2.61 bits per heavy atom. The number of nitrogens with zero attached hydrogens (tertiary/aromatic N) is 1. The van der Waals surface area contributed by atoms with E-state index in [2.05, 4.69) is 15.0 Å². The van der Waals surface area contributed by atoms with Gasteiger partial charge in [0.15, 0.2) is 0 Å². The fourth-order valence-corrected chi connectivity index (χ4v) is 3.11. The predicted octanol–water partition coefficient (Wildman–Crippen LogP) is 2.45. The summed E-state index contributed by atoms with van der Waals surface area (Å²) >= 11 is 11.6. The van der Waals surface area contributed by atoms with Crippen molar-refractivity contribution in [1.29, 1.82) is 0 Å². The third-order valence-corrected chi connectivity index (χ3v) is 4.78. The lowest BCUT2D eigenvalue weighted by molar-refractivity contribution is -0.115.